The Morgan fingerprint density at radius 3 is 2.88 bits per heavy atom. The highest BCUT2D eigenvalue weighted by Crippen LogP contribution is 2.28. The number of hydrogen-bond acceptors (Lipinski definition) is 4. The number of rotatable bonds is 5. The molecule has 0 aliphatic rings. The van der Waals surface area contributed by atoms with Crippen LogP contribution in [0.15, 0.2) is 47.6 Å². The van der Waals surface area contributed by atoms with Crippen molar-refractivity contribution in [3.63, 3.8) is 0 Å². The molecule has 0 saturated carbocycles. The zero-order valence-corrected chi connectivity index (χ0v) is 14.8. The van der Waals surface area contributed by atoms with Gasteiger partial charge in [0.25, 0.3) is 0 Å². The van der Waals surface area contributed by atoms with E-state index in [-0.39, 0.29) is 15.4 Å². The minimum absolute atomic E-state index is 0.177. The number of aromatic nitrogens is 3. The van der Waals surface area contributed by atoms with Crippen molar-refractivity contribution in [2.75, 3.05) is 6.61 Å². The summed E-state index contributed by atoms with van der Waals surface area (Å²) in [5.41, 5.74) is 0.893. The smallest absolute Gasteiger partial charge is 0.216 e. The summed E-state index contributed by atoms with van der Waals surface area (Å²) in [6.45, 7) is 2.41. The summed E-state index contributed by atoms with van der Waals surface area (Å²) in [5, 5.41) is 11.4. The van der Waals surface area contributed by atoms with Crippen LogP contribution in [0.25, 0.3) is 11.4 Å². The molecular weight excluding hydrogens is 363 g/mol. The first-order chi connectivity index (χ1) is 12.1. The number of benzene rings is 2. The maximum atomic E-state index is 13.9. The van der Waals surface area contributed by atoms with Gasteiger partial charge in [-0.15, -0.1) is 0 Å². The first-order valence-corrected chi connectivity index (χ1v) is 8.28. The minimum atomic E-state index is -0.470. The lowest BCUT2D eigenvalue weighted by atomic mass is 10.2. The van der Waals surface area contributed by atoms with Gasteiger partial charge in [0.15, 0.2) is 5.82 Å². The number of ether oxygens (including phenoxy) is 1. The summed E-state index contributed by atoms with van der Waals surface area (Å²) in [7, 11) is 0. The molecule has 2 aromatic carbocycles. The Hall–Kier alpha value is -2.51. The van der Waals surface area contributed by atoms with Crippen LogP contribution < -0.4 is 4.74 Å². The van der Waals surface area contributed by atoms with Crippen molar-refractivity contribution in [3.05, 3.63) is 63.6 Å². The van der Waals surface area contributed by atoms with E-state index in [1.54, 1.807) is 6.07 Å². The third-order valence-electron chi connectivity index (χ3n) is 3.38. The van der Waals surface area contributed by atoms with Crippen molar-refractivity contribution in [3.8, 4) is 17.1 Å². The van der Waals surface area contributed by atoms with Gasteiger partial charge in [-0.05, 0) is 43.4 Å². The van der Waals surface area contributed by atoms with Gasteiger partial charge in [0.05, 0.1) is 23.4 Å². The van der Waals surface area contributed by atoms with Crippen LogP contribution in [0.1, 0.15) is 12.5 Å². The van der Waals surface area contributed by atoms with Gasteiger partial charge in [-0.2, -0.15) is 14.9 Å². The average Bonchev–Trinajstić information content (AvgIpc) is 2.96. The van der Waals surface area contributed by atoms with Crippen molar-refractivity contribution < 1.29 is 9.13 Å². The summed E-state index contributed by atoms with van der Waals surface area (Å²) in [6.07, 6.45) is 1.32. The van der Waals surface area contributed by atoms with Gasteiger partial charge in [0.1, 0.15) is 11.6 Å². The van der Waals surface area contributed by atoms with Crippen molar-refractivity contribution >= 4 is 30.0 Å². The largest absolute Gasteiger partial charge is 0.493 e. The predicted octanol–water partition coefficient (Wildman–Crippen LogP) is 4.68. The molecule has 0 radical (unpaired) electrons. The molecule has 1 N–H and O–H groups in total. The molecule has 3 aromatic rings. The molecule has 8 heteroatoms. The SMILES string of the molecule is CCOc1ccccc1-c1n[nH]c(=S)n1/N=C\c1c(F)cccc1Cl. The molecule has 0 aliphatic carbocycles. The molecule has 5 nitrogen and oxygen atoms in total. The molecular formula is C17H14ClFN4OS. The Morgan fingerprint density at radius 2 is 2.12 bits per heavy atom. The first kappa shape index (κ1) is 17.3. The second-order valence-electron chi connectivity index (χ2n) is 4.97. The zero-order chi connectivity index (χ0) is 17.8. The van der Waals surface area contributed by atoms with E-state index in [1.165, 1.54) is 23.0 Å². The number of aromatic amines is 1. The highest BCUT2D eigenvalue weighted by molar-refractivity contribution is 7.71. The van der Waals surface area contributed by atoms with Crippen LogP contribution >= 0.6 is 23.8 Å². The van der Waals surface area contributed by atoms with E-state index < -0.39 is 5.82 Å². The van der Waals surface area contributed by atoms with Gasteiger partial charge < -0.3 is 4.74 Å². The number of nitrogens with zero attached hydrogens (tertiary/aromatic N) is 3. The number of para-hydroxylation sites is 1. The summed E-state index contributed by atoms with van der Waals surface area (Å²) in [5.74, 6) is 0.639. The Kier molecular flexibility index (Phi) is 5.25. The minimum Gasteiger partial charge on any atom is -0.493 e. The number of H-pyrrole nitrogens is 1. The highest BCUT2D eigenvalue weighted by atomic mass is 35.5. The molecule has 1 aromatic heterocycles. The van der Waals surface area contributed by atoms with Crippen LogP contribution in [0.2, 0.25) is 5.02 Å². The summed E-state index contributed by atoms with van der Waals surface area (Å²) in [4.78, 5) is 0. The highest BCUT2D eigenvalue weighted by Gasteiger charge is 2.13. The second-order valence-corrected chi connectivity index (χ2v) is 5.77. The number of hydrogen-bond donors (Lipinski definition) is 1. The fraction of sp³-hybridized carbons (Fsp3) is 0.118. The van der Waals surface area contributed by atoms with Crippen LogP contribution in [0.3, 0.4) is 0 Å². The van der Waals surface area contributed by atoms with Crippen LogP contribution in [0.5, 0.6) is 5.75 Å². The van der Waals surface area contributed by atoms with Crippen molar-refractivity contribution in [2.24, 2.45) is 5.10 Å². The third kappa shape index (κ3) is 3.62. The Morgan fingerprint density at radius 1 is 1.32 bits per heavy atom. The molecule has 128 valence electrons. The molecule has 0 bridgehead atoms. The molecule has 1 heterocycles. The Bertz CT molecular complexity index is 963. The van der Waals surface area contributed by atoms with E-state index in [1.807, 2.05) is 31.2 Å². The van der Waals surface area contributed by atoms with E-state index in [0.29, 0.717) is 23.7 Å². The standard InChI is InChI=1S/C17H14ClFN4OS/c1-2-24-15-9-4-3-6-11(15)16-21-22-17(25)23(16)20-10-12-13(18)7-5-8-14(12)19/h3-10H,2H2,1H3,(H,22,25)/b20-10-. The van der Waals surface area contributed by atoms with Gasteiger partial charge in [0, 0.05) is 5.56 Å². The molecule has 0 unspecified atom stereocenters. The molecule has 0 atom stereocenters. The van der Waals surface area contributed by atoms with Crippen molar-refractivity contribution in [1.82, 2.24) is 14.9 Å². The number of halogens is 2. The topological polar surface area (TPSA) is 55.2 Å². The molecule has 3 rings (SSSR count). The molecule has 0 spiro atoms. The summed E-state index contributed by atoms with van der Waals surface area (Å²) < 4.78 is 21.2. The zero-order valence-electron chi connectivity index (χ0n) is 13.2. The normalized spacial score (nSPS) is 11.2. The predicted molar refractivity (Wildman–Crippen MR) is 98.4 cm³/mol. The molecule has 0 amide bonds. The van der Waals surface area contributed by atoms with Crippen LogP contribution in [0.4, 0.5) is 4.39 Å². The molecule has 25 heavy (non-hydrogen) atoms. The third-order valence-corrected chi connectivity index (χ3v) is 3.97. The summed E-state index contributed by atoms with van der Waals surface area (Å²) in [6, 6.07) is 11.8. The van der Waals surface area contributed by atoms with Gasteiger partial charge in [-0.25, -0.2) is 9.49 Å². The Labute approximate surface area is 153 Å². The lowest BCUT2D eigenvalue weighted by molar-refractivity contribution is 0.341. The van der Waals surface area contributed by atoms with E-state index in [2.05, 4.69) is 15.3 Å². The second kappa shape index (κ2) is 7.58. The van der Waals surface area contributed by atoms with E-state index in [4.69, 9.17) is 28.6 Å². The van der Waals surface area contributed by atoms with Gasteiger partial charge in [-0.3, -0.25) is 0 Å². The lowest BCUT2D eigenvalue weighted by Gasteiger charge is -2.08. The van der Waals surface area contributed by atoms with Gasteiger partial charge >= 0.3 is 0 Å². The first-order valence-electron chi connectivity index (χ1n) is 7.49. The van der Waals surface area contributed by atoms with E-state index in [0.717, 1.165) is 0 Å². The Balaban J connectivity index is 2.07. The van der Waals surface area contributed by atoms with Gasteiger partial charge in [-0.1, -0.05) is 29.8 Å². The van der Waals surface area contributed by atoms with Gasteiger partial charge in [0.2, 0.25) is 4.77 Å². The van der Waals surface area contributed by atoms with Crippen molar-refractivity contribution in [2.45, 2.75) is 6.92 Å². The summed E-state index contributed by atoms with van der Waals surface area (Å²) >= 11 is 11.2. The maximum absolute atomic E-state index is 13.9. The molecule has 0 aliphatic heterocycles. The van der Waals surface area contributed by atoms with Crippen molar-refractivity contribution in [1.29, 1.82) is 0 Å². The lowest BCUT2D eigenvalue weighted by Crippen LogP contribution is -1.99. The molecule has 0 fully saturated rings. The number of nitrogens with one attached hydrogen (secondary N) is 1. The van der Waals surface area contributed by atoms with E-state index >= 15 is 0 Å². The fourth-order valence-electron chi connectivity index (χ4n) is 2.26. The molecule has 0 saturated heterocycles. The quantitative estimate of drug-likeness (QED) is 0.519. The maximum Gasteiger partial charge on any atom is 0.216 e. The monoisotopic (exact) mass is 376 g/mol. The average molecular weight is 377 g/mol. The fourth-order valence-corrected chi connectivity index (χ4v) is 2.65. The van der Waals surface area contributed by atoms with Crippen LogP contribution in [0, 0.1) is 10.6 Å². The van der Waals surface area contributed by atoms with E-state index in [9.17, 15) is 4.39 Å². The van der Waals surface area contributed by atoms with Crippen LogP contribution in [-0.2, 0) is 0 Å². The van der Waals surface area contributed by atoms with Crippen LogP contribution in [-0.4, -0.2) is 27.7 Å².